The maximum absolute atomic E-state index is 6.28. The monoisotopic (exact) mass is 409 g/mol. The minimum absolute atomic E-state index is 0.175. The van der Waals surface area contributed by atoms with E-state index >= 15 is 0 Å². The molecule has 0 saturated heterocycles. The summed E-state index contributed by atoms with van der Waals surface area (Å²) in [6.45, 7) is 0.310. The molecule has 7 heteroatoms. The van der Waals surface area contributed by atoms with E-state index in [-0.39, 0.29) is 6.02 Å². The Morgan fingerprint density at radius 3 is 2.42 bits per heavy atom. The van der Waals surface area contributed by atoms with Gasteiger partial charge in [0.1, 0.15) is 18.1 Å². The molecule has 7 nitrogen and oxygen atoms in total. The van der Waals surface area contributed by atoms with Crippen molar-refractivity contribution in [1.29, 1.82) is 0 Å². The van der Waals surface area contributed by atoms with Gasteiger partial charge in [-0.1, -0.05) is 12.1 Å². The number of aryl methyl sites for hydroxylation is 1. The van der Waals surface area contributed by atoms with Crippen molar-refractivity contribution in [2.24, 2.45) is 17.8 Å². The normalized spacial score (nSPS) is 18.7. The highest BCUT2D eigenvalue weighted by Gasteiger charge is 2.47. The predicted octanol–water partition coefficient (Wildman–Crippen LogP) is 3.84. The molecule has 2 aliphatic rings. The Balaban J connectivity index is 1.56. The van der Waals surface area contributed by atoms with Crippen LogP contribution in [0, 0.1) is 0 Å². The molecule has 2 aromatic heterocycles. The highest BCUT2D eigenvalue weighted by atomic mass is 16.5. The number of amidine groups is 1. The first-order chi connectivity index (χ1) is 15.1. The van der Waals surface area contributed by atoms with E-state index in [2.05, 4.69) is 22.1 Å². The van der Waals surface area contributed by atoms with E-state index in [9.17, 15) is 0 Å². The van der Waals surface area contributed by atoms with Crippen LogP contribution in [0.4, 0.5) is 0 Å². The van der Waals surface area contributed by atoms with E-state index in [1.54, 1.807) is 12.5 Å². The van der Waals surface area contributed by atoms with E-state index in [0.29, 0.717) is 6.61 Å². The SMILES string of the molecule is Cn1cnc(-c2ccc3c(c2)[C@]2(COC(N)=N2)c2cc(-c4cccnc4)ccc2O3)c1. The Morgan fingerprint density at radius 1 is 1.00 bits per heavy atom. The molecule has 0 radical (unpaired) electrons. The maximum Gasteiger partial charge on any atom is 0.283 e. The Labute approximate surface area is 178 Å². The lowest BCUT2D eigenvalue weighted by atomic mass is 9.79. The number of aliphatic imine (C=N–C) groups is 1. The second-order valence-electron chi connectivity index (χ2n) is 7.79. The van der Waals surface area contributed by atoms with Crippen molar-refractivity contribution in [3.8, 4) is 33.9 Å². The average Bonchev–Trinajstić information content (AvgIpc) is 3.41. The summed E-state index contributed by atoms with van der Waals surface area (Å²) in [4.78, 5) is 13.5. The van der Waals surface area contributed by atoms with Gasteiger partial charge in [0.05, 0.1) is 12.0 Å². The fraction of sp³-hybridized carbons (Fsp3) is 0.125. The summed E-state index contributed by atoms with van der Waals surface area (Å²) in [5.74, 6) is 1.48. The van der Waals surface area contributed by atoms with Crippen LogP contribution in [0.25, 0.3) is 22.4 Å². The van der Waals surface area contributed by atoms with Gasteiger partial charge in [-0.3, -0.25) is 4.98 Å². The molecule has 2 aliphatic heterocycles. The Kier molecular flexibility index (Phi) is 3.67. The second-order valence-corrected chi connectivity index (χ2v) is 7.79. The smallest absolute Gasteiger partial charge is 0.283 e. The van der Waals surface area contributed by atoms with Crippen LogP contribution in [0.5, 0.6) is 11.5 Å². The molecule has 6 rings (SSSR count). The van der Waals surface area contributed by atoms with Gasteiger partial charge in [-0.25, -0.2) is 9.98 Å². The van der Waals surface area contributed by atoms with E-state index < -0.39 is 5.54 Å². The molecule has 2 N–H and O–H groups in total. The van der Waals surface area contributed by atoms with Crippen LogP contribution >= 0.6 is 0 Å². The van der Waals surface area contributed by atoms with Gasteiger partial charge in [-0.2, -0.15) is 0 Å². The van der Waals surface area contributed by atoms with Gasteiger partial charge in [-0.05, 0) is 42.0 Å². The third kappa shape index (κ3) is 2.70. The quantitative estimate of drug-likeness (QED) is 0.543. The number of hydrogen-bond donors (Lipinski definition) is 1. The van der Waals surface area contributed by atoms with Gasteiger partial charge >= 0.3 is 0 Å². The summed E-state index contributed by atoms with van der Waals surface area (Å²) in [5.41, 5.74) is 11.0. The number of nitrogens with zero attached hydrogens (tertiary/aromatic N) is 4. The first-order valence-electron chi connectivity index (χ1n) is 9.96. The van der Waals surface area contributed by atoms with Gasteiger partial charge in [0.2, 0.25) is 0 Å². The zero-order valence-electron chi connectivity index (χ0n) is 16.8. The topological polar surface area (TPSA) is 87.6 Å². The first kappa shape index (κ1) is 17.7. The number of hydrogen-bond acceptors (Lipinski definition) is 6. The van der Waals surface area contributed by atoms with Crippen molar-refractivity contribution in [3.05, 3.63) is 84.6 Å². The largest absolute Gasteiger partial charge is 0.462 e. The van der Waals surface area contributed by atoms with Crippen molar-refractivity contribution in [1.82, 2.24) is 14.5 Å². The van der Waals surface area contributed by atoms with Crippen molar-refractivity contribution < 1.29 is 9.47 Å². The van der Waals surface area contributed by atoms with E-state index in [4.69, 9.17) is 20.2 Å². The summed E-state index contributed by atoms with van der Waals surface area (Å²) in [6, 6.07) is 16.3. The van der Waals surface area contributed by atoms with Crippen LogP contribution in [-0.4, -0.2) is 27.2 Å². The van der Waals surface area contributed by atoms with Gasteiger partial charge in [0.15, 0.2) is 5.54 Å². The van der Waals surface area contributed by atoms with Crippen molar-refractivity contribution in [2.75, 3.05) is 6.61 Å². The highest BCUT2D eigenvalue weighted by Crippen LogP contribution is 2.52. The minimum atomic E-state index is -0.782. The molecule has 0 unspecified atom stereocenters. The lowest BCUT2D eigenvalue weighted by Crippen LogP contribution is -2.31. The first-order valence-corrected chi connectivity index (χ1v) is 9.96. The van der Waals surface area contributed by atoms with Crippen LogP contribution in [0.15, 0.2) is 78.4 Å². The number of aromatic nitrogens is 3. The van der Waals surface area contributed by atoms with Gasteiger partial charge in [0, 0.05) is 47.9 Å². The number of rotatable bonds is 2. The summed E-state index contributed by atoms with van der Waals surface area (Å²) in [6.07, 6.45) is 7.37. The lowest BCUT2D eigenvalue weighted by Gasteiger charge is -2.34. The van der Waals surface area contributed by atoms with Crippen LogP contribution in [0.3, 0.4) is 0 Å². The summed E-state index contributed by atoms with van der Waals surface area (Å²) < 4.78 is 13.9. The molecule has 0 amide bonds. The predicted molar refractivity (Wildman–Crippen MR) is 117 cm³/mol. The summed E-state index contributed by atoms with van der Waals surface area (Å²) in [7, 11) is 1.95. The molecule has 0 fully saturated rings. The molecule has 2 aromatic carbocycles. The molecule has 31 heavy (non-hydrogen) atoms. The molecule has 0 saturated carbocycles. The van der Waals surface area contributed by atoms with E-state index in [1.807, 2.05) is 60.4 Å². The van der Waals surface area contributed by atoms with Crippen LogP contribution in [0.2, 0.25) is 0 Å². The molecular weight excluding hydrogens is 390 g/mol. The molecule has 4 aromatic rings. The van der Waals surface area contributed by atoms with Crippen LogP contribution < -0.4 is 10.5 Å². The average molecular weight is 409 g/mol. The third-order valence-corrected chi connectivity index (χ3v) is 5.80. The van der Waals surface area contributed by atoms with Crippen LogP contribution in [-0.2, 0) is 17.3 Å². The Bertz CT molecular complexity index is 1350. The second kappa shape index (κ2) is 6.43. The number of fused-ring (bicyclic) bond motifs is 4. The third-order valence-electron chi connectivity index (χ3n) is 5.80. The number of pyridine rings is 1. The molecule has 0 aliphatic carbocycles. The highest BCUT2D eigenvalue weighted by molar-refractivity contribution is 5.78. The Hall–Kier alpha value is -4.13. The van der Waals surface area contributed by atoms with Crippen molar-refractivity contribution in [3.63, 3.8) is 0 Å². The molecule has 0 bridgehead atoms. The zero-order valence-corrected chi connectivity index (χ0v) is 16.8. The van der Waals surface area contributed by atoms with Crippen molar-refractivity contribution >= 4 is 6.02 Å². The fourth-order valence-electron chi connectivity index (χ4n) is 4.29. The minimum Gasteiger partial charge on any atom is -0.462 e. The Morgan fingerprint density at radius 2 is 1.77 bits per heavy atom. The van der Waals surface area contributed by atoms with Gasteiger partial charge in [0.25, 0.3) is 6.02 Å². The van der Waals surface area contributed by atoms with E-state index in [1.165, 1.54) is 0 Å². The fourth-order valence-corrected chi connectivity index (χ4v) is 4.29. The summed E-state index contributed by atoms with van der Waals surface area (Å²) in [5, 5.41) is 0. The molecule has 152 valence electrons. The van der Waals surface area contributed by atoms with Gasteiger partial charge < -0.3 is 19.8 Å². The number of nitrogens with two attached hydrogens (primary N) is 1. The number of ether oxygens (including phenoxy) is 2. The van der Waals surface area contributed by atoms with Gasteiger partial charge in [-0.15, -0.1) is 0 Å². The maximum atomic E-state index is 6.28. The molecular formula is C24H19N5O2. The molecule has 1 spiro atoms. The van der Waals surface area contributed by atoms with Crippen LogP contribution in [0.1, 0.15) is 11.1 Å². The lowest BCUT2D eigenvalue weighted by molar-refractivity contribution is 0.264. The summed E-state index contributed by atoms with van der Waals surface area (Å²) >= 11 is 0. The molecule has 1 atom stereocenters. The van der Waals surface area contributed by atoms with E-state index in [0.717, 1.165) is 45.0 Å². The van der Waals surface area contributed by atoms with Crippen molar-refractivity contribution in [2.45, 2.75) is 5.54 Å². The standard InChI is InChI=1S/C24H19N5O2/c1-29-12-20(27-14-29)16-5-7-22-19(10-16)24(13-30-23(25)28-24)18-9-15(4-6-21(18)31-22)17-3-2-8-26-11-17/h2-12,14H,13H2,1H3,(H2,25,28)/t24-/m0/s1. The molecule has 4 heterocycles. The zero-order chi connectivity index (χ0) is 21.0. The number of benzene rings is 2. The number of imidazole rings is 1.